The molecule has 0 aliphatic carbocycles. The van der Waals surface area contributed by atoms with Gasteiger partial charge in [0.2, 0.25) is 11.8 Å². The van der Waals surface area contributed by atoms with E-state index < -0.39 is 24.5 Å². The molecule has 0 aliphatic rings. The number of urea groups is 1. The Morgan fingerprint density at radius 2 is 1.35 bits per heavy atom. The van der Waals surface area contributed by atoms with Crippen molar-refractivity contribution in [1.82, 2.24) is 21.3 Å². The molecular formula is C11H20N4O5. The van der Waals surface area contributed by atoms with Crippen molar-refractivity contribution < 1.29 is 24.3 Å². The Labute approximate surface area is 116 Å². The average Bonchev–Trinajstić information content (AvgIpc) is 2.37. The van der Waals surface area contributed by atoms with Gasteiger partial charge in [-0.15, -0.1) is 0 Å². The van der Waals surface area contributed by atoms with Crippen molar-refractivity contribution in [2.75, 3.05) is 26.2 Å². The fraction of sp³-hybridized carbons (Fsp3) is 0.636. The summed E-state index contributed by atoms with van der Waals surface area (Å²) in [5.74, 6) is -1.83. The molecule has 5 N–H and O–H groups in total. The summed E-state index contributed by atoms with van der Waals surface area (Å²) in [5, 5.41) is 17.5. The number of hydrogen-bond donors (Lipinski definition) is 5. The predicted octanol–water partition coefficient (Wildman–Crippen LogP) is -1.74. The second-order valence-corrected chi connectivity index (χ2v) is 4.40. The molecule has 0 bridgehead atoms. The van der Waals surface area contributed by atoms with E-state index in [4.69, 9.17) is 5.11 Å². The number of carboxylic acids is 1. The number of hydrogen-bond acceptors (Lipinski definition) is 4. The lowest BCUT2D eigenvalue weighted by Gasteiger charge is -2.09. The topological polar surface area (TPSA) is 137 Å². The molecular weight excluding hydrogens is 268 g/mol. The minimum atomic E-state index is -1.18. The predicted molar refractivity (Wildman–Crippen MR) is 69.9 cm³/mol. The first kappa shape index (κ1) is 17.7. The van der Waals surface area contributed by atoms with Gasteiger partial charge in [-0.3, -0.25) is 14.4 Å². The SMILES string of the molecule is CC(C)CNC(=O)CNC(=O)NCC(=O)NCC(=O)O. The van der Waals surface area contributed by atoms with Crippen LogP contribution in [0.2, 0.25) is 0 Å². The maximum Gasteiger partial charge on any atom is 0.322 e. The third-order valence-corrected chi connectivity index (χ3v) is 1.96. The molecule has 0 saturated carbocycles. The van der Waals surface area contributed by atoms with E-state index in [1.165, 1.54) is 0 Å². The number of rotatable bonds is 8. The van der Waals surface area contributed by atoms with Crippen LogP contribution < -0.4 is 21.3 Å². The Bertz CT molecular complexity index is 370. The Hall–Kier alpha value is -2.32. The second kappa shape index (κ2) is 9.59. The van der Waals surface area contributed by atoms with Crippen molar-refractivity contribution >= 4 is 23.8 Å². The number of nitrogens with one attached hydrogen (secondary N) is 4. The van der Waals surface area contributed by atoms with E-state index in [2.05, 4.69) is 21.3 Å². The summed E-state index contributed by atoms with van der Waals surface area (Å²) in [6, 6.07) is -0.685. The first-order chi connectivity index (χ1) is 9.31. The molecule has 0 fully saturated rings. The first-order valence-corrected chi connectivity index (χ1v) is 6.08. The van der Waals surface area contributed by atoms with Crippen LogP contribution in [0.5, 0.6) is 0 Å². The molecule has 0 saturated heterocycles. The van der Waals surface area contributed by atoms with Crippen LogP contribution in [0.3, 0.4) is 0 Å². The molecule has 20 heavy (non-hydrogen) atoms. The highest BCUT2D eigenvalue weighted by Crippen LogP contribution is 1.86. The first-order valence-electron chi connectivity index (χ1n) is 6.08. The number of amides is 4. The van der Waals surface area contributed by atoms with Gasteiger partial charge in [0.25, 0.3) is 0 Å². The van der Waals surface area contributed by atoms with Gasteiger partial charge < -0.3 is 26.4 Å². The van der Waals surface area contributed by atoms with E-state index in [0.29, 0.717) is 12.5 Å². The van der Waals surface area contributed by atoms with Crippen molar-refractivity contribution in [2.24, 2.45) is 5.92 Å². The average molecular weight is 288 g/mol. The maximum absolute atomic E-state index is 11.3. The Morgan fingerprint density at radius 1 is 0.850 bits per heavy atom. The summed E-state index contributed by atoms with van der Waals surface area (Å²) >= 11 is 0. The lowest BCUT2D eigenvalue weighted by Crippen LogP contribution is -2.46. The molecule has 0 aliphatic heterocycles. The minimum Gasteiger partial charge on any atom is -0.480 e. The zero-order valence-electron chi connectivity index (χ0n) is 11.5. The van der Waals surface area contributed by atoms with E-state index in [0.717, 1.165) is 0 Å². The summed E-state index contributed by atoms with van der Waals surface area (Å²) in [4.78, 5) is 43.7. The van der Waals surface area contributed by atoms with Crippen molar-refractivity contribution in [3.8, 4) is 0 Å². The Kier molecular flexibility index (Phi) is 8.48. The van der Waals surface area contributed by atoms with E-state index in [1.807, 2.05) is 13.8 Å². The molecule has 0 unspecified atom stereocenters. The van der Waals surface area contributed by atoms with Crippen LogP contribution in [0.25, 0.3) is 0 Å². The zero-order valence-corrected chi connectivity index (χ0v) is 11.5. The Morgan fingerprint density at radius 3 is 1.80 bits per heavy atom. The molecule has 0 spiro atoms. The van der Waals surface area contributed by atoms with Gasteiger partial charge in [0.1, 0.15) is 6.54 Å². The van der Waals surface area contributed by atoms with Crippen molar-refractivity contribution in [3.05, 3.63) is 0 Å². The summed E-state index contributed by atoms with van der Waals surface area (Å²) in [7, 11) is 0. The van der Waals surface area contributed by atoms with Gasteiger partial charge in [0.15, 0.2) is 0 Å². The van der Waals surface area contributed by atoms with E-state index >= 15 is 0 Å². The van der Waals surface area contributed by atoms with Crippen LogP contribution in [0.1, 0.15) is 13.8 Å². The number of carbonyl (C=O) groups is 4. The molecule has 0 radical (unpaired) electrons. The van der Waals surface area contributed by atoms with Crippen molar-refractivity contribution in [1.29, 1.82) is 0 Å². The standard InChI is InChI=1S/C11H20N4O5/c1-7(2)3-12-8(16)4-14-11(20)15-5-9(17)13-6-10(18)19/h7H,3-6H2,1-2H3,(H,12,16)(H,13,17)(H,18,19)(H2,14,15,20). The zero-order chi connectivity index (χ0) is 15.5. The summed E-state index contributed by atoms with van der Waals surface area (Å²) < 4.78 is 0. The maximum atomic E-state index is 11.3. The van der Waals surface area contributed by atoms with Gasteiger partial charge in [-0.1, -0.05) is 13.8 Å². The van der Waals surface area contributed by atoms with Crippen LogP contribution in [-0.2, 0) is 14.4 Å². The van der Waals surface area contributed by atoms with Crippen molar-refractivity contribution in [2.45, 2.75) is 13.8 Å². The van der Waals surface area contributed by atoms with E-state index in [9.17, 15) is 19.2 Å². The fourth-order valence-electron chi connectivity index (χ4n) is 1.00. The van der Waals surface area contributed by atoms with Gasteiger partial charge in [-0.2, -0.15) is 0 Å². The summed E-state index contributed by atoms with van der Waals surface area (Å²) in [6.45, 7) is 3.31. The van der Waals surface area contributed by atoms with Gasteiger partial charge in [-0.25, -0.2) is 4.79 Å². The third kappa shape index (κ3) is 10.8. The highest BCUT2D eigenvalue weighted by molar-refractivity contribution is 5.88. The van der Waals surface area contributed by atoms with Crippen LogP contribution in [0.4, 0.5) is 4.79 Å². The largest absolute Gasteiger partial charge is 0.480 e. The van der Waals surface area contributed by atoms with E-state index in [1.54, 1.807) is 0 Å². The van der Waals surface area contributed by atoms with Gasteiger partial charge in [0.05, 0.1) is 13.1 Å². The van der Waals surface area contributed by atoms with Crippen LogP contribution in [-0.4, -0.2) is 55.1 Å². The molecule has 114 valence electrons. The highest BCUT2D eigenvalue weighted by Gasteiger charge is 2.08. The minimum absolute atomic E-state index is 0.199. The molecule has 0 aromatic rings. The molecule has 0 aromatic heterocycles. The van der Waals surface area contributed by atoms with Crippen LogP contribution >= 0.6 is 0 Å². The van der Waals surface area contributed by atoms with Gasteiger partial charge in [-0.05, 0) is 5.92 Å². The molecule has 0 aromatic carbocycles. The molecule has 9 heteroatoms. The fourth-order valence-corrected chi connectivity index (χ4v) is 1.00. The monoisotopic (exact) mass is 288 g/mol. The lowest BCUT2D eigenvalue weighted by atomic mass is 10.2. The number of carbonyl (C=O) groups excluding carboxylic acids is 3. The van der Waals surface area contributed by atoms with Crippen molar-refractivity contribution in [3.63, 3.8) is 0 Å². The molecule has 0 heterocycles. The van der Waals surface area contributed by atoms with Crippen LogP contribution in [0, 0.1) is 5.92 Å². The number of carboxylic acid groups (broad SMARTS) is 1. The van der Waals surface area contributed by atoms with Gasteiger partial charge in [0, 0.05) is 6.54 Å². The normalized spacial score (nSPS) is 9.75. The van der Waals surface area contributed by atoms with Crippen LogP contribution in [0.15, 0.2) is 0 Å². The molecule has 0 atom stereocenters. The summed E-state index contributed by atoms with van der Waals surface area (Å²) in [6.07, 6.45) is 0. The smallest absolute Gasteiger partial charge is 0.322 e. The van der Waals surface area contributed by atoms with Gasteiger partial charge >= 0.3 is 12.0 Å². The second-order valence-electron chi connectivity index (χ2n) is 4.40. The quantitative estimate of drug-likeness (QED) is 0.361. The van der Waals surface area contributed by atoms with E-state index in [-0.39, 0.29) is 19.0 Å². The number of aliphatic carboxylic acids is 1. The Balaban J connectivity index is 3.70. The molecule has 4 amide bonds. The lowest BCUT2D eigenvalue weighted by molar-refractivity contribution is -0.137. The molecule has 9 nitrogen and oxygen atoms in total. The third-order valence-electron chi connectivity index (χ3n) is 1.96. The molecule has 0 rings (SSSR count). The summed E-state index contributed by atoms with van der Waals surface area (Å²) in [5.41, 5.74) is 0. The highest BCUT2D eigenvalue weighted by atomic mass is 16.4.